The van der Waals surface area contributed by atoms with Gasteiger partial charge < -0.3 is 13.8 Å². The third-order valence-electron chi connectivity index (χ3n) is 5.75. The zero-order valence-electron chi connectivity index (χ0n) is 15.0. The molecule has 1 saturated heterocycles. The molecule has 4 heterocycles. The van der Waals surface area contributed by atoms with Gasteiger partial charge in [0.2, 0.25) is 11.7 Å². The summed E-state index contributed by atoms with van der Waals surface area (Å²) >= 11 is 0. The van der Waals surface area contributed by atoms with E-state index in [0.29, 0.717) is 42.2 Å². The summed E-state index contributed by atoms with van der Waals surface area (Å²) in [7, 11) is 0. The lowest BCUT2D eigenvalue weighted by Gasteiger charge is -2.23. The molecule has 0 radical (unpaired) electrons. The van der Waals surface area contributed by atoms with E-state index in [0.717, 1.165) is 25.0 Å². The van der Waals surface area contributed by atoms with E-state index in [2.05, 4.69) is 20.1 Å². The Labute approximate surface area is 155 Å². The first-order valence-electron chi connectivity index (χ1n) is 9.12. The average Bonchev–Trinajstić information content (AvgIpc) is 3.44. The van der Waals surface area contributed by atoms with Gasteiger partial charge in [-0.15, -0.1) is 0 Å². The van der Waals surface area contributed by atoms with Crippen molar-refractivity contribution < 1.29 is 13.7 Å². The Balaban J connectivity index is 1.45. The fraction of sp³-hybridized carbons (Fsp3) is 0.421. The maximum Gasteiger partial charge on any atom is 0.289 e. The molecule has 3 aromatic heterocycles. The third-order valence-corrected chi connectivity index (χ3v) is 5.75. The van der Waals surface area contributed by atoms with Crippen LogP contribution in [0.1, 0.15) is 41.5 Å². The second-order valence-corrected chi connectivity index (χ2v) is 7.36. The molecule has 8 nitrogen and oxygen atoms in total. The number of aryl methyl sites for hydroxylation is 1. The molecule has 0 N–H and O–H groups in total. The van der Waals surface area contributed by atoms with Crippen LogP contribution in [0.4, 0.5) is 0 Å². The monoisotopic (exact) mass is 365 g/mol. The van der Waals surface area contributed by atoms with E-state index < -0.39 is 0 Å². The van der Waals surface area contributed by atoms with E-state index in [4.69, 9.17) is 8.94 Å². The van der Waals surface area contributed by atoms with Crippen LogP contribution in [0.3, 0.4) is 0 Å². The normalized spacial score (nSPS) is 24.3. The van der Waals surface area contributed by atoms with Crippen molar-refractivity contribution in [2.75, 3.05) is 13.1 Å². The van der Waals surface area contributed by atoms with Crippen LogP contribution in [0.25, 0.3) is 11.5 Å². The lowest BCUT2D eigenvalue weighted by atomic mass is 9.80. The highest BCUT2D eigenvalue weighted by Gasteiger charge is 2.55. The summed E-state index contributed by atoms with van der Waals surface area (Å²) in [6.07, 6.45) is 7.89. The lowest BCUT2D eigenvalue weighted by molar-refractivity contribution is 0.0742. The number of nitrogens with zero attached hydrogens (tertiary/aromatic N) is 5. The molecule has 3 aromatic rings. The highest BCUT2D eigenvalue weighted by Crippen LogP contribution is 2.50. The predicted molar refractivity (Wildman–Crippen MR) is 93.7 cm³/mol. The number of furan rings is 1. The minimum atomic E-state index is -0.287. The molecule has 2 aliphatic rings. The number of likely N-dealkylation sites (tertiary alicyclic amines) is 1. The largest absolute Gasteiger partial charge is 0.456 e. The Morgan fingerprint density at radius 1 is 1.33 bits per heavy atom. The maximum absolute atomic E-state index is 12.8. The Hall–Kier alpha value is -3.03. The van der Waals surface area contributed by atoms with E-state index >= 15 is 0 Å². The van der Waals surface area contributed by atoms with Gasteiger partial charge in [0.05, 0.1) is 11.6 Å². The first kappa shape index (κ1) is 16.2. The summed E-state index contributed by atoms with van der Waals surface area (Å²) < 4.78 is 11.2. The smallest absolute Gasteiger partial charge is 0.289 e. The summed E-state index contributed by atoms with van der Waals surface area (Å²) in [5.74, 6) is 2.38. The van der Waals surface area contributed by atoms with Crippen LogP contribution >= 0.6 is 0 Å². The van der Waals surface area contributed by atoms with Crippen molar-refractivity contribution in [2.24, 2.45) is 5.92 Å². The summed E-state index contributed by atoms with van der Waals surface area (Å²) in [5.41, 5.74) is 0.292. The van der Waals surface area contributed by atoms with Gasteiger partial charge in [-0.2, -0.15) is 4.98 Å². The van der Waals surface area contributed by atoms with E-state index in [1.54, 1.807) is 24.7 Å². The Bertz CT molecular complexity index is 982. The zero-order valence-corrected chi connectivity index (χ0v) is 15.0. The number of carbonyl (C=O) groups excluding carboxylic acids is 1. The number of fused-ring (bicyclic) bond motifs is 1. The van der Waals surface area contributed by atoms with Gasteiger partial charge in [0.25, 0.3) is 5.91 Å². The molecule has 1 aliphatic heterocycles. The fourth-order valence-corrected chi connectivity index (χ4v) is 4.44. The van der Waals surface area contributed by atoms with E-state index in [1.165, 1.54) is 0 Å². The Morgan fingerprint density at radius 2 is 2.26 bits per heavy atom. The molecule has 0 aromatic carbocycles. The number of hydrogen-bond acceptors (Lipinski definition) is 7. The summed E-state index contributed by atoms with van der Waals surface area (Å²) in [5, 5.41) is 4.11. The van der Waals surface area contributed by atoms with Crippen molar-refractivity contribution in [2.45, 2.75) is 31.6 Å². The minimum absolute atomic E-state index is 0.0782. The van der Waals surface area contributed by atoms with Crippen LogP contribution in [-0.4, -0.2) is 44.0 Å². The van der Waals surface area contributed by atoms with Crippen molar-refractivity contribution in [3.63, 3.8) is 0 Å². The molecular formula is C19H19N5O3. The summed E-state index contributed by atoms with van der Waals surface area (Å²) in [4.78, 5) is 27.6. The van der Waals surface area contributed by atoms with Gasteiger partial charge in [-0.1, -0.05) is 11.6 Å². The van der Waals surface area contributed by atoms with Crippen molar-refractivity contribution in [1.82, 2.24) is 25.0 Å². The number of rotatable bonds is 3. The number of hydrogen-bond donors (Lipinski definition) is 0. The highest BCUT2D eigenvalue weighted by atomic mass is 16.5. The molecule has 138 valence electrons. The average molecular weight is 365 g/mol. The van der Waals surface area contributed by atoms with Gasteiger partial charge >= 0.3 is 0 Å². The van der Waals surface area contributed by atoms with E-state index in [-0.39, 0.29) is 11.3 Å². The molecule has 0 unspecified atom stereocenters. The molecule has 5 rings (SSSR count). The van der Waals surface area contributed by atoms with Crippen molar-refractivity contribution in [1.29, 1.82) is 0 Å². The molecule has 2 atom stereocenters. The van der Waals surface area contributed by atoms with Crippen LogP contribution in [0, 0.1) is 12.8 Å². The molecule has 8 heteroatoms. The van der Waals surface area contributed by atoms with Crippen LogP contribution in [0.2, 0.25) is 0 Å². The third kappa shape index (κ3) is 2.55. The SMILES string of the molecule is Cc1ccc(C(=O)N2C[C@H]3CCC[C@@]3(c3nc(-c4cnccn4)no3)C2)o1. The fourth-order valence-electron chi connectivity index (χ4n) is 4.44. The first-order valence-corrected chi connectivity index (χ1v) is 9.12. The summed E-state index contributed by atoms with van der Waals surface area (Å²) in [6, 6.07) is 3.54. The minimum Gasteiger partial charge on any atom is -0.456 e. The molecule has 27 heavy (non-hydrogen) atoms. The van der Waals surface area contributed by atoms with Crippen LogP contribution in [-0.2, 0) is 5.41 Å². The van der Waals surface area contributed by atoms with Gasteiger partial charge in [-0.3, -0.25) is 9.78 Å². The molecule has 1 aliphatic carbocycles. The van der Waals surface area contributed by atoms with Crippen molar-refractivity contribution in [3.05, 3.63) is 48.1 Å². The molecule has 0 spiro atoms. The van der Waals surface area contributed by atoms with Gasteiger partial charge in [0.1, 0.15) is 11.5 Å². The van der Waals surface area contributed by atoms with Crippen LogP contribution < -0.4 is 0 Å². The van der Waals surface area contributed by atoms with Gasteiger partial charge in [-0.05, 0) is 37.8 Å². The standard InChI is InChI=1S/C19H19N5O3/c1-12-4-5-15(26-12)17(25)24-10-13-3-2-6-19(13,11-24)18-22-16(23-27-18)14-9-20-7-8-21-14/h4-5,7-9,13H,2-3,6,10-11H2,1H3/t13-,19-/m1/s1. The topological polar surface area (TPSA) is 98.2 Å². The molecular weight excluding hydrogens is 346 g/mol. The van der Waals surface area contributed by atoms with Gasteiger partial charge in [0.15, 0.2) is 5.76 Å². The number of aromatic nitrogens is 4. The van der Waals surface area contributed by atoms with Crippen molar-refractivity contribution in [3.8, 4) is 11.5 Å². The summed E-state index contributed by atoms with van der Waals surface area (Å²) in [6.45, 7) is 3.09. The van der Waals surface area contributed by atoms with Gasteiger partial charge in [0, 0.05) is 25.5 Å². The predicted octanol–water partition coefficient (Wildman–Crippen LogP) is 2.62. The maximum atomic E-state index is 12.8. The second-order valence-electron chi connectivity index (χ2n) is 7.36. The first-order chi connectivity index (χ1) is 13.2. The quantitative estimate of drug-likeness (QED) is 0.703. The second kappa shape index (κ2) is 6.00. The Kier molecular flexibility index (Phi) is 3.60. The van der Waals surface area contributed by atoms with Crippen molar-refractivity contribution >= 4 is 5.91 Å². The number of carbonyl (C=O) groups is 1. The van der Waals surface area contributed by atoms with E-state index in [9.17, 15) is 4.79 Å². The highest BCUT2D eigenvalue weighted by molar-refractivity contribution is 5.92. The molecule has 1 amide bonds. The Morgan fingerprint density at radius 3 is 3.04 bits per heavy atom. The number of amides is 1. The van der Waals surface area contributed by atoms with Crippen LogP contribution in [0.15, 0.2) is 39.7 Å². The lowest BCUT2D eigenvalue weighted by Crippen LogP contribution is -2.34. The molecule has 1 saturated carbocycles. The van der Waals surface area contributed by atoms with Gasteiger partial charge in [-0.25, -0.2) is 4.98 Å². The van der Waals surface area contributed by atoms with E-state index in [1.807, 2.05) is 17.9 Å². The molecule has 2 fully saturated rings. The van der Waals surface area contributed by atoms with Crippen LogP contribution in [0.5, 0.6) is 0 Å². The molecule has 0 bridgehead atoms. The zero-order chi connectivity index (χ0) is 18.4.